The number of hydrogen-bond acceptors (Lipinski definition) is 4. The van der Waals surface area contributed by atoms with Crippen molar-refractivity contribution in [3.63, 3.8) is 0 Å². The molecule has 146 valence electrons. The van der Waals surface area contributed by atoms with Gasteiger partial charge in [0.1, 0.15) is 5.75 Å². The molecule has 27 heavy (non-hydrogen) atoms. The summed E-state index contributed by atoms with van der Waals surface area (Å²) < 4.78 is 31.2. The predicted molar refractivity (Wildman–Crippen MR) is 108 cm³/mol. The number of nitrogens with one attached hydrogen (secondary N) is 1. The minimum absolute atomic E-state index is 0.142. The first-order valence-corrected chi connectivity index (χ1v) is 10.6. The molecule has 0 aliphatic heterocycles. The largest absolute Gasteiger partial charge is 0.496 e. The Labute approximate surface area is 161 Å². The van der Waals surface area contributed by atoms with E-state index in [1.54, 1.807) is 30.3 Å². The van der Waals surface area contributed by atoms with E-state index in [2.05, 4.69) is 5.32 Å². The molecule has 7 heteroatoms. The molecule has 1 N–H and O–H groups in total. The predicted octanol–water partition coefficient (Wildman–Crippen LogP) is 3.01. The molecule has 0 fully saturated rings. The van der Waals surface area contributed by atoms with Gasteiger partial charge < -0.3 is 10.1 Å². The molecule has 0 saturated heterocycles. The van der Waals surface area contributed by atoms with Gasteiger partial charge in [0.2, 0.25) is 10.0 Å². The van der Waals surface area contributed by atoms with E-state index < -0.39 is 10.0 Å². The van der Waals surface area contributed by atoms with Crippen molar-refractivity contribution in [3.8, 4) is 5.75 Å². The van der Waals surface area contributed by atoms with Crippen LogP contribution in [0.25, 0.3) is 0 Å². The number of anilines is 1. The third-order valence-corrected chi connectivity index (χ3v) is 5.36. The van der Waals surface area contributed by atoms with Gasteiger partial charge in [-0.2, -0.15) is 0 Å². The van der Waals surface area contributed by atoms with Gasteiger partial charge >= 0.3 is 0 Å². The zero-order valence-corrected chi connectivity index (χ0v) is 16.9. The van der Waals surface area contributed by atoms with E-state index in [0.29, 0.717) is 17.0 Å². The van der Waals surface area contributed by atoms with Crippen LogP contribution in [0.4, 0.5) is 5.69 Å². The van der Waals surface area contributed by atoms with Gasteiger partial charge in [-0.05, 0) is 29.7 Å². The van der Waals surface area contributed by atoms with Crippen molar-refractivity contribution >= 4 is 21.6 Å². The molecule has 0 spiro atoms. The van der Waals surface area contributed by atoms with Crippen LogP contribution >= 0.6 is 0 Å². The van der Waals surface area contributed by atoms with E-state index >= 15 is 0 Å². The van der Waals surface area contributed by atoms with Crippen molar-refractivity contribution in [2.75, 3.05) is 30.8 Å². The molecular formula is C20H26N2O4S. The highest BCUT2D eigenvalue weighted by molar-refractivity contribution is 7.92. The normalized spacial score (nSPS) is 11.3. The van der Waals surface area contributed by atoms with Gasteiger partial charge in [-0.1, -0.05) is 44.2 Å². The second kappa shape index (κ2) is 8.90. The number of carbonyl (C=O) groups excluding carboxylic acids is 1. The van der Waals surface area contributed by atoms with Crippen LogP contribution in [0, 0.1) is 0 Å². The lowest BCUT2D eigenvalue weighted by Gasteiger charge is -2.26. The van der Waals surface area contributed by atoms with Crippen molar-refractivity contribution in [1.82, 2.24) is 5.32 Å². The summed E-state index contributed by atoms with van der Waals surface area (Å²) in [4.78, 5) is 12.4. The Kier molecular flexibility index (Phi) is 6.85. The van der Waals surface area contributed by atoms with Gasteiger partial charge in [0.15, 0.2) is 0 Å². The van der Waals surface area contributed by atoms with E-state index in [1.807, 2.05) is 32.0 Å². The van der Waals surface area contributed by atoms with Gasteiger partial charge in [0.05, 0.1) is 31.2 Å². The van der Waals surface area contributed by atoms with E-state index in [-0.39, 0.29) is 24.9 Å². The van der Waals surface area contributed by atoms with E-state index in [9.17, 15) is 13.2 Å². The lowest BCUT2D eigenvalue weighted by molar-refractivity contribution is 0.0952. The molecular weight excluding hydrogens is 364 g/mol. The number of carbonyl (C=O) groups is 1. The maximum atomic E-state index is 12.4. The Morgan fingerprint density at radius 3 is 2.37 bits per heavy atom. The number of rotatable bonds is 8. The molecule has 0 aliphatic rings. The van der Waals surface area contributed by atoms with Crippen molar-refractivity contribution < 1.29 is 17.9 Å². The number of hydrogen-bond donors (Lipinski definition) is 1. The Hall–Kier alpha value is -2.54. The number of ether oxygens (including phenoxy) is 1. The Morgan fingerprint density at radius 1 is 1.11 bits per heavy atom. The fourth-order valence-corrected chi connectivity index (χ4v) is 3.81. The van der Waals surface area contributed by atoms with Crippen molar-refractivity contribution in [2.24, 2.45) is 0 Å². The number of benzene rings is 2. The van der Waals surface area contributed by atoms with Gasteiger partial charge in [0, 0.05) is 6.54 Å². The highest BCUT2D eigenvalue weighted by Gasteiger charge is 2.21. The summed E-state index contributed by atoms with van der Waals surface area (Å²) in [5, 5.41) is 2.77. The van der Waals surface area contributed by atoms with Crippen LogP contribution < -0.4 is 14.4 Å². The second-order valence-corrected chi connectivity index (χ2v) is 8.41. The van der Waals surface area contributed by atoms with E-state index in [1.165, 1.54) is 17.7 Å². The van der Waals surface area contributed by atoms with Gasteiger partial charge in [-0.15, -0.1) is 0 Å². The summed E-state index contributed by atoms with van der Waals surface area (Å²) >= 11 is 0. The molecule has 0 atom stereocenters. The molecule has 2 aromatic carbocycles. The van der Waals surface area contributed by atoms with Gasteiger partial charge in [0.25, 0.3) is 5.91 Å². The van der Waals surface area contributed by atoms with Crippen LogP contribution in [0.5, 0.6) is 5.75 Å². The molecule has 0 heterocycles. The summed E-state index contributed by atoms with van der Waals surface area (Å²) in [6.07, 6.45) is 1.17. The number of nitrogens with zero attached hydrogens (tertiary/aromatic N) is 1. The zero-order valence-electron chi connectivity index (χ0n) is 16.1. The molecule has 0 bridgehead atoms. The van der Waals surface area contributed by atoms with Crippen LogP contribution in [0.15, 0.2) is 48.5 Å². The second-order valence-electron chi connectivity index (χ2n) is 6.50. The molecule has 0 unspecified atom stereocenters. The first kappa shape index (κ1) is 20.8. The molecule has 6 nitrogen and oxygen atoms in total. The van der Waals surface area contributed by atoms with Crippen LogP contribution in [0.3, 0.4) is 0 Å². The molecule has 1 amide bonds. The number of para-hydroxylation sites is 2. The van der Waals surface area contributed by atoms with Gasteiger partial charge in [-0.3, -0.25) is 9.10 Å². The summed E-state index contributed by atoms with van der Waals surface area (Å²) in [6.45, 7) is 4.35. The SMILES string of the molecule is COc1ccccc1C(=O)NCCN(c1ccccc1C(C)C)S(C)(=O)=O. The number of methoxy groups -OCH3 is 1. The number of amides is 1. The van der Waals surface area contributed by atoms with Crippen LogP contribution in [0.1, 0.15) is 35.7 Å². The van der Waals surface area contributed by atoms with Crippen LogP contribution in [0.2, 0.25) is 0 Å². The summed E-state index contributed by atoms with van der Waals surface area (Å²) in [6, 6.07) is 14.3. The fraction of sp³-hybridized carbons (Fsp3) is 0.350. The third kappa shape index (κ3) is 5.23. The lowest BCUT2D eigenvalue weighted by atomic mass is 10.0. The van der Waals surface area contributed by atoms with Gasteiger partial charge in [-0.25, -0.2) is 8.42 Å². The molecule has 0 aromatic heterocycles. The highest BCUT2D eigenvalue weighted by atomic mass is 32.2. The zero-order chi connectivity index (χ0) is 20.0. The smallest absolute Gasteiger partial charge is 0.255 e. The highest BCUT2D eigenvalue weighted by Crippen LogP contribution is 2.28. The molecule has 0 saturated carbocycles. The Balaban J connectivity index is 2.16. The quantitative estimate of drug-likeness (QED) is 0.752. The maximum Gasteiger partial charge on any atom is 0.255 e. The molecule has 0 aliphatic carbocycles. The van der Waals surface area contributed by atoms with Crippen LogP contribution in [-0.2, 0) is 10.0 Å². The minimum Gasteiger partial charge on any atom is -0.496 e. The fourth-order valence-electron chi connectivity index (χ4n) is 2.87. The maximum absolute atomic E-state index is 12.4. The average molecular weight is 391 g/mol. The Bertz CT molecular complexity index is 894. The first-order chi connectivity index (χ1) is 12.8. The van der Waals surface area contributed by atoms with Crippen molar-refractivity contribution in [3.05, 3.63) is 59.7 Å². The Morgan fingerprint density at radius 2 is 1.74 bits per heavy atom. The van der Waals surface area contributed by atoms with E-state index in [4.69, 9.17) is 4.74 Å². The van der Waals surface area contributed by atoms with Crippen molar-refractivity contribution in [1.29, 1.82) is 0 Å². The third-order valence-electron chi connectivity index (χ3n) is 4.18. The summed E-state index contributed by atoms with van der Waals surface area (Å²) in [5.74, 6) is 0.340. The monoisotopic (exact) mass is 390 g/mol. The molecule has 2 rings (SSSR count). The average Bonchev–Trinajstić information content (AvgIpc) is 2.64. The minimum atomic E-state index is -3.49. The van der Waals surface area contributed by atoms with Crippen LogP contribution in [-0.4, -0.2) is 40.8 Å². The number of sulfonamides is 1. The first-order valence-electron chi connectivity index (χ1n) is 8.73. The standard InChI is InChI=1S/C20H26N2O4S/c1-15(2)16-9-5-7-11-18(16)22(27(4,24)25)14-13-21-20(23)17-10-6-8-12-19(17)26-3/h5-12,15H,13-14H2,1-4H3,(H,21,23). The summed E-state index contributed by atoms with van der Waals surface area (Å²) in [7, 11) is -1.99. The van der Waals surface area contributed by atoms with E-state index in [0.717, 1.165) is 5.56 Å². The topological polar surface area (TPSA) is 75.7 Å². The summed E-state index contributed by atoms with van der Waals surface area (Å²) in [5.41, 5.74) is 1.99. The molecule has 0 radical (unpaired) electrons. The molecule has 2 aromatic rings. The van der Waals surface area contributed by atoms with Crippen molar-refractivity contribution in [2.45, 2.75) is 19.8 Å². The lowest BCUT2D eigenvalue weighted by Crippen LogP contribution is -2.38.